The Morgan fingerprint density at radius 1 is 1.18 bits per heavy atom. The molecule has 0 amide bonds. The molecule has 8 nitrogen and oxygen atoms in total. The van der Waals surface area contributed by atoms with Crippen LogP contribution in [0.1, 0.15) is 23.2 Å². The molecule has 0 atom stereocenters. The molecular formula is C23H27FIN7O. The zero-order chi connectivity index (χ0) is 22.9. The van der Waals surface area contributed by atoms with Gasteiger partial charge < -0.3 is 21.1 Å². The topological polar surface area (TPSA) is 113 Å². The predicted molar refractivity (Wildman–Crippen MR) is 138 cm³/mol. The van der Waals surface area contributed by atoms with Crippen molar-refractivity contribution >= 4 is 35.8 Å². The minimum Gasteiger partial charge on any atom is -0.497 e. The van der Waals surface area contributed by atoms with E-state index in [1.807, 2.05) is 24.3 Å². The first-order valence-electron chi connectivity index (χ1n) is 10.2. The molecule has 10 heteroatoms. The molecule has 0 unspecified atom stereocenters. The molecule has 0 bridgehead atoms. The number of rotatable bonds is 8. The molecule has 0 radical (unpaired) electrons. The van der Waals surface area contributed by atoms with Gasteiger partial charge in [0.25, 0.3) is 0 Å². The molecule has 1 aromatic heterocycles. The average Bonchev–Trinajstić information content (AvgIpc) is 3.14. The van der Waals surface area contributed by atoms with Gasteiger partial charge in [-0.05, 0) is 54.8 Å². The van der Waals surface area contributed by atoms with Crippen LogP contribution in [0.3, 0.4) is 0 Å². The SMILES string of the molecule is CN=C(NCCCc1nn(-c2ccc(F)cc2)c(N)c1C#N)NCc1ccc(OC)cc1.I. The standard InChI is InChI=1S/C23H26FN7O.HI/c1-27-23(29-15-16-5-11-19(32-2)12-6-16)28-13-3-4-21-20(14-25)22(26)31(30-21)18-9-7-17(24)8-10-18;/h5-12H,3-4,13,15,26H2,1-2H3,(H2,27,28,29);1H. The molecule has 0 aliphatic rings. The summed E-state index contributed by atoms with van der Waals surface area (Å²) in [4.78, 5) is 4.23. The van der Waals surface area contributed by atoms with Gasteiger partial charge in [0, 0.05) is 20.1 Å². The number of methoxy groups -OCH3 is 1. The minimum absolute atomic E-state index is 0. The van der Waals surface area contributed by atoms with Gasteiger partial charge in [-0.1, -0.05) is 12.1 Å². The monoisotopic (exact) mass is 563 g/mol. The van der Waals surface area contributed by atoms with Crippen LogP contribution in [0.15, 0.2) is 53.5 Å². The number of aliphatic imine (C=N–C) groups is 1. The molecule has 3 rings (SSSR count). The fourth-order valence-corrected chi connectivity index (χ4v) is 3.17. The quantitative estimate of drug-likeness (QED) is 0.168. The van der Waals surface area contributed by atoms with Gasteiger partial charge in [-0.15, -0.1) is 24.0 Å². The average molecular weight is 563 g/mol. The summed E-state index contributed by atoms with van der Waals surface area (Å²) >= 11 is 0. The van der Waals surface area contributed by atoms with E-state index in [0.29, 0.717) is 42.4 Å². The van der Waals surface area contributed by atoms with Gasteiger partial charge in [-0.25, -0.2) is 9.07 Å². The highest BCUT2D eigenvalue weighted by atomic mass is 127. The Morgan fingerprint density at radius 2 is 1.88 bits per heavy atom. The van der Waals surface area contributed by atoms with Gasteiger partial charge in [0.05, 0.1) is 18.5 Å². The normalized spacial score (nSPS) is 10.8. The van der Waals surface area contributed by atoms with Crippen molar-refractivity contribution in [2.75, 3.05) is 26.4 Å². The minimum atomic E-state index is -0.347. The number of hydrogen-bond acceptors (Lipinski definition) is 5. The Labute approximate surface area is 209 Å². The molecular weight excluding hydrogens is 536 g/mol. The van der Waals surface area contributed by atoms with E-state index in [-0.39, 0.29) is 35.6 Å². The number of aromatic nitrogens is 2. The lowest BCUT2D eigenvalue weighted by atomic mass is 10.1. The van der Waals surface area contributed by atoms with Crippen molar-refractivity contribution in [3.8, 4) is 17.5 Å². The van der Waals surface area contributed by atoms with Crippen LogP contribution < -0.4 is 21.1 Å². The molecule has 0 fully saturated rings. The number of nitriles is 1. The smallest absolute Gasteiger partial charge is 0.191 e. The van der Waals surface area contributed by atoms with E-state index in [2.05, 4.69) is 26.8 Å². The number of nitrogens with zero attached hydrogens (tertiary/aromatic N) is 4. The van der Waals surface area contributed by atoms with Crippen molar-refractivity contribution in [3.05, 3.63) is 71.2 Å². The molecule has 0 aliphatic heterocycles. The largest absolute Gasteiger partial charge is 0.497 e. The summed E-state index contributed by atoms with van der Waals surface area (Å²) < 4.78 is 19.8. The number of nitrogens with one attached hydrogen (secondary N) is 2. The fraction of sp³-hybridized carbons (Fsp3) is 0.261. The predicted octanol–water partition coefficient (Wildman–Crippen LogP) is 3.39. The number of guanidine groups is 1. The molecule has 174 valence electrons. The first kappa shape index (κ1) is 25.9. The molecule has 33 heavy (non-hydrogen) atoms. The summed E-state index contributed by atoms with van der Waals surface area (Å²) in [5, 5.41) is 20.5. The number of halogens is 2. The Kier molecular flexibility index (Phi) is 9.93. The van der Waals surface area contributed by atoms with Crippen LogP contribution in [0, 0.1) is 17.1 Å². The fourth-order valence-electron chi connectivity index (χ4n) is 3.17. The lowest BCUT2D eigenvalue weighted by Crippen LogP contribution is -2.37. The third-order valence-electron chi connectivity index (χ3n) is 4.90. The van der Waals surface area contributed by atoms with Crippen LogP contribution in [0.5, 0.6) is 5.75 Å². The van der Waals surface area contributed by atoms with Crippen LogP contribution in [-0.4, -0.2) is 36.4 Å². The lowest BCUT2D eigenvalue weighted by Gasteiger charge is -2.12. The molecule has 2 aromatic carbocycles. The second kappa shape index (κ2) is 12.6. The number of anilines is 1. The van der Waals surface area contributed by atoms with Crippen molar-refractivity contribution in [3.63, 3.8) is 0 Å². The van der Waals surface area contributed by atoms with E-state index in [4.69, 9.17) is 10.5 Å². The third-order valence-corrected chi connectivity index (χ3v) is 4.90. The Balaban J connectivity index is 0.00000385. The number of ether oxygens (including phenoxy) is 1. The summed E-state index contributed by atoms with van der Waals surface area (Å²) in [6.07, 6.45) is 1.28. The summed E-state index contributed by atoms with van der Waals surface area (Å²) in [7, 11) is 3.35. The molecule has 0 spiro atoms. The zero-order valence-corrected chi connectivity index (χ0v) is 20.8. The summed E-state index contributed by atoms with van der Waals surface area (Å²) in [6, 6.07) is 15.7. The van der Waals surface area contributed by atoms with Crippen molar-refractivity contribution in [2.24, 2.45) is 4.99 Å². The molecule has 1 heterocycles. The van der Waals surface area contributed by atoms with Crippen molar-refractivity contribution in [1.82, 2.24) is 20.4 Å². The summed E-state index contributed by atoms with van der Waals surface area (Å²) in [6.45, 7) is 1.26. The molecule has 0 saturated heterocycles. The van der Waals surface area contributed by atoms with E-state index in [9.17, 15) is 9.65 Å². The highest BCUT2D eigenvalue weighted by molar-refractivity contribution is 14.0. The maximum atomic E-state index is 13.2. The van der Waals surface area contributed by atoms with Gasteiger partial charge in [0.2, 0.25) is 0 Å². The number of aryl methyl sites for hydroxylation is 1. The Hall–Kier alpha value is -3.33. The zero-order valence-electron chi connectivity index (χ0n) is 18.5. The van der Waals surface area contributed by atoms with Crippen LogP contribution in [0.4, 0.5) is 10.2 Å². The highest BCUT2D eigenvalue weighted by Crippen LogP contribution is 2.21. The highest BCUT2D eigenvalue weighted by Gasteiger charge is 2.16. The second-order valence-corrected chi connectivity index (χ2v) is 7.01. The van der Waals surface area contributed by atoms with E-state index >= 15 is 0 Å². The maximum Gasteiger partial charge on any atom is 0.191 e. The van der Waals surface area contributed by atoms with Gasteiger partial charge in [-0.3, -0.25) is 4.99 Å². The molecule has 3 aromatic rings. The van der Waals surface area contributed by atoms with Crippen LogP contribution >= 0.6 is 24.0 Å². The first-order valence-corrected chi connectivity index (χ1v) is 10.2. The van der Waals surface area contributed by atoms with Crippen molar-refractivity contribution in [2.45, 2.75) is 19.4 Å². The number of benzene rings is 2. The van der Waals surface area contributed by atoms with E-state index in [1.165, 1.54) is 16.8 Å². The number of nitrogens with two attached hydrogens (primary N) is 1. The summed E-state index contributed by atoms with van der Waals surface area (Å²) in [5.41, 5.74) is 8.77. The van der Waals surface area contributed by atoms with Gasteiger partial charge in [0.15, 0.2) is 5.96 Å². The number of nitrogen functional groups attached to an aromatic ring is 1. The Morgan fingerprint density at radius 3 is 2.48 bits per heavy atom. The lowest BCUT2D eigenvalue weighted by molar-refractivity contribution is 0.414. The van der Waals surface area contributed by atoms with E-state index in [0.717, 1.165) is 17.7 Å². The molecule has 4 N–H and O–H groups in total. The van der Waals surface area contributed by atoms with Gasteiger partial charge in [-0.2, -0.15) is 10.4 Å². The van der Waals surface area contributed by atoms with Gasteiger partial charge in [0.1, 0.15) is 29.0 Å². The van der Waals surface area contributed by atoms with Gasteiger partial charge >= 0.3 is 0 Å². The van der Waals surface area contributed by atoms with E-state index in [1.54, 1.807) is 26.3 Å². The van der Waals surface area contributed by atoms with E-state index < -0.39 is 0 Å². The van der Waals surface area contributed by atoms with Crippen LogP contribution in [0.25, 0.3) is 5.69 Å². The Bertz CT molecular complexity index is 1110. The third kappa shape index (κ3) is 6.82. The molecule has 0 aliphatic carbocycles. The van der Waals surface area contributed by atoms with Crippen LogP contribution in [0.2, 0.25) is 0 Å². The van der Waals surface area contributed by atoms with Crippen LogP contribution in [-0.2, 0) is 13.0 Å². The summed E-state index contributed by atoms with van der Waals surface area (Å²) in [5.74, 6) is 1.40. The van der Waals surface area contributed by atoms with Crippen molar-refractivity contribution < 1.29 is 9.13 Å². The second-order valence-electron chi connectivity index (χ2n) is 7.01. The first-order chi connectivity index (χ1) is 15.5. The maximum absolute atomic E-state index is 13.2. The van der Waals surface area contributed by atoms with Crippen molar-refractivity contribution in [1.29, 1.82) is 5.26 Å². The molecule has 0 saturated carbocycles. The number of hydrogen-bond donors (Lipinski definition) is 3.